The Hall–Kier alpha value is -1.96. The van der Waals surface area contributed by atoms with E-state index in [0.717, 1.165) is 47.5 Å². The Morgan fingerprint density at radius 1 is 1.23 bits per heavy atom. The Morgan fingerprint density at radius 3 is 2.96 bits per heavy atom. The van der Waals surface area contributed by atoms with E-state index >= 15 is 0 Å². The average Bonchev–Trinajstić information content (AvgIpc) is 3.15. The number of methoxy groups -OCH3 is 1. The summed E-state index contributed by atoms with van der Waals surface area (Å²) in [4.78, 5) is 17.4. The van der Waals surface area contributed by atoms with Crippen molar-refractivity contribution in [2.45, 2.75) is 24.7 Å². The molecule has 2 aromatic heterocycles. The molecule has 1 aliphatic heterocycles. The first-order valence-electron chi connectivity index (χ1n) is 8.46. The van der Waals surface area contributed by atoms with E-state index in [0.29, 0.717) is 0 Å². The number of hydrogen-bond acceptors (Lipinski definition) is 7. The van der Waals surface area contributed by atoms with Crippen LogP contribution in [0.1, 0.15) is 16.1 Å². The maximum Gasteiger partial charge on any atom is 0.187 e. The summed E-state index contributed by atoms with van der Waals surface area (Å²) in [7, 11) is 1.70. The number of benzene rings is 1. The maximum atomic E-state index is 5.46. The number of hydrogen-bond donors (Lipinski definition) is 0. The van der Waals surface area contributed by atoms with Gasteiger partial charge in [0.1, 0.15) is 10.8 Å². The van der Waals surface area contributed by atoms with Gasteiger partial charge >= 0.3 is 0 Å². The van der Waals surface area contributed by atoms with Gasteiger partial charge in [-0.05, 0) is 18.4 Å². The molecule has 0 spiro atoms. The van der Waals surface area contributed by atoms with Gasteiger partial charge in [0.15, 0.2) is 5.16 Å². The van der Waals surface area contributed by atoms with E-state index in [1.54, 1.807) is 30.2 Å². The molecule has 0 fully saturated rings. The molecule has 3 heterocycles. The van der Waals surface area contributed by atoms with Crippen molar-refractivity contribution in [3.63, 3.8) is 0 Å². The second-order valence-corrected chi connectivity index (χ2v) is 8.01. The molecule has 134 valence electrons. The summed E-state index contributed by atoms with van der Waals surface area (Å²) in [6.45, 7) is 2.81. The number of nitrogens with zero attached hydrogens (tertiary/aromatic N) is 4. The van der Waals surface area contributed by atoms with Gasteiger partial charge in [0, 0.05) is 48.9 Å². The zero-order valence-electron chi connectivity index (χ0n) is 14.8. The quantitative estimate of drug-likeness (QED) is 0.491. The molecule has 5 nitrogen and oxygen atoms in total. The van der Waals surface area contributed by atoms with Gasteiger partial charge in [-0.2, -0.15) is 0 Å². The van der Waals surface area contributed by atoms with Crippen molar-refractivity contribution >= 4 is 23.1 Å². The van der Waals surface area contributed by atoms with Crippen LogP contribution in [0.25, 0.3) is 10.6 Å². The van der Waals surface area contributed by atoms with Gasteiger partial charge in [0.25, 0.3) is 0 Å². The maximum absolute atomic E-state index is 5.46. The van der Waals surface area contributed by atoms with Crippen LogP contribution >= 0.6 is 23.1 Å². The van der Waals surface area contributed by atoms with Crippen molar-refractivity contribution < 1.29 is 4.74 Å². The SMILES string of the molecule is COc1ccccc1-c1ncc(CN2CCc3nc(SC)ncc3C2)s1. The van der Waals surface area contributed by atoms with Gasteiger partial charge in [-0.15, -0.1) is 11.3 Å². The van der Waals surface area contributed by atoms with Gasteiger partial charge in [-0.25, -0.2) is 15.0 Å². The van der Waals surface area contributed by atoms with Crippen molar-refractivity contribution in [3.05, 3.63) is 52.8 Å². The molecule has 1 aromatic carbocycles. The number of fused-ring (bicyclic) bond motifs is 1. The standard InChI is InChI=1S/C19H20N4OS2/c1-24-17-6-4-3-5-15(17)18-20-10-14(26-18)12-23-8-7-16-13(11-23)9-21-19(22-16)25-2/h3-6,9-10H,7-8,11-12H2,1-2H3. The molecule has 0 saturated heterocycles. The van der Waals surface area contributed by atoms with Crippen molar-refractivity contribution in [1.82, 2.24) is 19.9 Å². The van der Waals surface area contributed by atoms with E-state index in [-0.39, 0.29) is 0 Å². The van der Waals surface area contributed by atoms with Crippen LogP contribution in [0.3, 0.4) is 0 Å². The van der Waals surface area contributed by atoms with Crippen LogP contribution in [0, 0.1) is 0 Å². The minimum atomic E-state index is 0.862. The van der Waals surface area contributed by atoms with Crippen molar-refractivity contribution in [2.24, 2.45) is 0 Å². The zero-order chi connectivity index (χ0) is 17.9. The average molecular weight is 385 g/mol. The Morgan fingerprint density at radius 2 is 2.12 bits per heavy atom. The largest absolute Gasteiger partial charge is 0.496 e. The van der Waals surface area contributed by atoms with Crippen LogP contribution in [0.15, 0.2) is 41.8 Å². The van der Waals surface area contributed by atoms with Gasteiger partial charge in [0.05, 0.1) is 18.4 Å². The van der Waals surface area contributed by atoms with Crippen LogP contribution in [0.2, 0.25) is 0 Å². The van der Waals surface area contributed by atoms with E-state index in [2.05, 4.69) is 25.9 Å². The third-order valence-corrected chi connectivity index (χ3v) is 6.02. The summed E-state index contributed by atoms with van der Waals surface area (Å²) in [5.41, 5.74) is 3.48. The monoisotopic (exact) mass is 384 g/mol. The van der Waals surface area contributed by atoms with E-state index in [9.17, 15) is 0 Å². The van der Waals surface area contributed by atoms with E-state index in [1.165, 1.54) is 16.1 Å². The van der Waals surface area contributed by atoms with E-state index < -0.39 is 0 Å². The van der Waals surface area contributed by atoms with Gasteiger partial charge in [0.2, 0.25) is 0 Å². The van der Waals surface area contributed by atoms with E-state index in [4.69, 9.17) is 4.74 Å². The summed E-state index contributed by atoms with van der Waals surface area (Å²) < 4.78 is 5.46. The number of thioether (sulfide) groups is 1. The summed E-state index contributed by atoms with van der Waals surface area (Å²) >= 11 is 3.33. The van der Waals surface area contributed by atoms with Crippen molar-refractivity contribution in [1.29, 1.82) is 0 Å². The first kappa shape index (κ1) is 17.5. The van der Waals surface area contributed by atoms with Crippen molar-refractivity contribution in [2.75, 3.05) is 19.9 Å². The number of aromatic nitrogens is 3. The second-order valence-electron chi connectivity index (χ2n) is 6.12. The van der Waals surface area contributed by atoms with Gasteiger partial charge in [-0.3, -0.25) is 4.90 Å². The highest BCUT2D eigenvalue weighted by molar-refractivity contribution is 7.98. The number of ether oxygens (including phenoxy) is 1. The molecule has 26 heavy (non-hydrogen) atoms. The topological polar surface area (TPSA) is 51.1 Å². The highest BCUT2D eigenvalue weighted by atomic mass is 32.2. The fraction of sp³-hybridized carbons (Fsp3) is 0.316. The summed E-state index contributed by atoms with van der Waals surface area (Å²) in [5, 5.41) is 1.86. The Labute approximate surface area is 161 Å². The second kappa shape index (κ2) is 7.73. The van der Waals surface area contributed by atoms with Crippen LogP contribution in [0.5, 0.6) is 5.75 Å². The molecule has 4 rings (SSSR count). The molecule has 7 heteroatoms. The Balaban J connectivity index is 1.48. The molecule has 0 atom stereocenters. The molecule has 0 aliphatic carbocycles. The first-order chi connectivity index (χ1) is 12.8. The first-order valence-corrected chi connectivity index (χ1v) is 10.5. The normalized spacial score (nSPS) is 14.2. The predicted molar refractivity (Wildman–Crippen MR) is 106 cm³/mol. The van der Waals surface area contributed by atoms with E-state index in [1.807, 2.05) is 36.8 Å². The molecule has 0 N–H and O–H groups in total. The predicted octanol–water partition coefficient (Wildman–Crippen LogP) is 3.89. The lowest BCUT2D eigenvalue weighted by Crippen LogP contribution is -2.30. The zero-order valence-corrected chi connectivity index (χ0v) is 16.4. The summed E-state index contributed by atoms with van der Waals surface area (Å²) in [6, 6.07) is 8.02. The lowest BCUT2D eigenvalue weighted by molar-refractivity contribution is 0.244. The highest BCUT2D eigenvalue weighted by Gasteiger charge is 2.19. The lowest BCUT2D eigenvalue weighted by Gasteiger charge is -2.27. The smallest absolute Gasteiger partial charge is 0.187 e. The van der Waals surface area contributed by atoms with Crippen molar-refractivity contribution in [3.8, 4) is 16.3 Å². The number of thiazole rings is 1. The van der Waals surface area contributed by atoms with Gasteiger partial charge in [-0.1, -0.05) is 23.9 Å². The minimum absolute atomic E-state index is 0.862. The molecular formula is C19H20N4OS2. The summed E-state index contributed by atoms with van der Waals surface area (Å²) in [5.74, 6) is 0.863. The van der Waals surface area contributed by atoms with Crippen LogP contribution in [-0.4, -0.2) is 39.8 Å². The third kappa shape index (κ3) is 3.60. The Bertz CT molecular complexity index is 912. The molecular weight excluding hydrogens is 364 g/mol. The van der Waals surface area contributed by atoms with Crippen LogP contribution in [0.4, 0.5) is 0 Å². The Kier molecular flexibility index (Phi) is 5.19. The third-order valence-electron chi connectivity index (χ3n) is 4.44. The molecule has 0 saturated carbocycles. The van der Waals surface area contributed by atoms with Crippen LogP contribution in [-0.2, 0) is 19.5 Å². The molecule has 0 amide bonds. The summed E-state index contributed by atoms with van der Waals surface area (Å²) in [6.07, 6.45) is 6.95. The van der Waals surface area contributed by atoms with Crippen LogP contribution < -0.4 is 4.74 Å². The molecule has 3 aromatic rings. The highest BCUT2D eigenvalue weighted by Crippen LogP contribution is 2.33. The molecule has 0 unspecified atom stereocenters. The fourth-order valence-corrected chi connectivity index (χ4v) is 4.48. The molecule has 1 aliphatic rings. The lowest BCUT2D eigenvalue weighted by atomic mass is 10.1. The minimum Gasteiger partial charge on any atom is -0.496 e. The number of rotatable bonds is 5. The fourth-order valence-electron chi connectivity index (χ4n) is 3.14. The van der Waals surface area contributed by atoms with Gasteiger partial charge < -0.3 is 4.74 Å². The molecule has 0 bridgehead atoms. The number of para-hydroxylation sites is 1. The molecule has 0 radical (unpaired) electrons.